The molecule has 0 aliphatic carbocycles. The summed E-state index contributed by atoms with van der Waals surface area (Å²) < 4.78 is 0. The molecule has 0 atom stereocenters. The summed E-state index contributed by atoms with van der Waals surface area (Å²) in [6.07, 6.45) is 2.11. The quantitative estimate of drug-likeness (QED) is 0.809. The molecule has 0 bridgehead atoms. The van der Waals surface area contributed by atoms with Crippen molar-refractivity contribution < 1.29 is 9.59 Å². The lowest BCUT2D eigenvalue weighted by molar-refractivity contribution is -0.120. The number of carbonyl (C=O) groups excluding carboxylic acids is 2. The number of carbonyl (C=O) groups is 2. The Morgan fingerprint density at radius 1 is 0.800 bits per heavy atom. The minimum Gasteiger partial charge on any atom is -0.366 e. The van der Waals surface area contributed by atoms with Crippen LogP contribution in [0, 0.1) is 6.92 Å². The fourth-order valence-electron chi connectivity index (χ4n) is 3.55. The number of hydrogen-bond donors (Lipinski definition) is 0. The number of rotatable bonds is 3. The topological polar surface area (TPSA) is 40.6 Å². The van der Waals surface area contributed by atoms with Crippen LogP contribution in [0.5, 0.6) is 0 Å². The van der Waals surface area contributed by atoms with Crippen LogP contribution in [0.1, 0.15) is 24.0 Å². The molecule has 2 aromatic rings. The molecule has 2 heterocycles. The van der Waals surface area contributed by atoms with Gasteiger partial charge in [-0.2, -0.15) is 0 Å². The Kier molecular flexibility index (Phi) is 3.88. The normalized spacial score (nSPS) is 17.8. The predicted molar refractivity (Wildman–Crippen MR) is 97.8 cm³/mol. The minimum absolute atomic E-state index is 0.213. The number of anilines is 1. The van der Waals surface area contributed by atoms with Gasteiger partial charge in [0.25, 0.3) is 11.8 Å². The van der Waals surface area contributed by atoms with E-state index in [0.717, 1.165) is 37.1 Å². The van der Waals surface area contributed by atoms with Crippen LogP contribution < -0.4 is 4.90 Å². The molecule has 1 saturated heterocycles. The summed E-state index contributed by atoms with van der Waals surface area (Å²) in [6.45, 7) is 3.64. The lowest BCUT2D eigenvalue weighted by Crippen LogP contribution is -2.34. The van der Waals surface area contributed by atoms with E-state index in [1.165, 1.54) is 4.90 Å². The first-order valence-corrected chi connectivity index (χ1v) is 8.67. The summed E-state index contributed by atoms with van der Waals surface area (Å²) in [6, 6.07) is 17.0. The molecule has 0 radical (unpaired) electrons. The Hall–Kier alpha value is -2.88. The molecule has 126 valence electrons. The second-order valence-corrected chi connectivity index (χ2v) is 6.57. The van der Waals surface area contributed by atoms with Crippen LogP contribution in [0.3, 0.4) is 0 Å². The second kappa shape index (κ2) is 6.20. The first kappa shape index (κ1) is 15.6. The number of hydrogen-bond acceptors (Lipinski definition) is 3. The molecular formula is C21H20N2O2. The minimum atomic E-state index is -0.234. The van der Waals surface area contributed by atoms with Crippen LogP contribution in [0.4, 0.5) is 5.69 Å². The Morgan fingerprint density at radius 2 is 1.44 bits per heavy atom. The van der Waals surface area contributed by atoms with Crippen molar-refractivity contribution in [3.63, 3.8) is 0 Å². The van der Waals surface area contributed by atoms with Gasteiger partial charge in [0.1, 0.15) is 5.70 Å². The summed E-state index contributed by atoms with van der Waals surface area (Å²) in [5.41, 5.74) is 3.60. The predicted octanol–water partition coefficient (Wildman–Crippen LogP) is 3.38. The molecule has 4 heteroatoms. The lowest BCUT2D eigenvalue weighted by Gasteiger charge is -2.20. The first-order chi connectivity index (χ1) is 12.2. The molecule has 0 unspecified atom stereocenters. The van der Waals surface area contributed by atoms with Crippen LogP contribution in [0.2, 0.25) is 0 Å². The third kappa shape index (κ3) is 2.64. The molecule has 2 aliphatic rings. The van der Waals surface area contributed by atoms with Gasteiger partial charge in [0.15, 0.2) is 0 Å². The molecular weight excluding hydrogens is 312 g/mol. The van der Waals surface area contributed by atoms with Crippen molar-refractivity contribution in [1.82, 2.24) is 4.90 Å². The number of aryl methyl sites for hydroxylation is 1. The second-order valence-electron chi connectivity index (χ2n) is 6.57. The monoisotopic (exact) mass is 332 g/mol. The Morgan fingerprint density at radius 3 is 2.08 bits per heavy atom. The van der Waals surface area contributed by atoms with Crippen LogP contribution in [-0.4, -0.2) is 29.8 Å². The highest BCUT2D eigenvalue weighted by molar-refractivity contribution is 6.45. The summed E-state index contributed by atoms with van der Waals surface area (Å²) in [5, 5.41) is 0. The largest absolute Gasteiger partial charge is 0.366 e. The molecule has 0 saturated carbocycles. The third-order valence-corrected chi connectivity index (χ3v) is 4.84. The van der Waals surface area contributed by atoms with E-state index in [-0.39, 0.29) is 11.8 Å². The van der Waals surface area contributed by atoms with E-state index in [1.54, 1.807) is 0 Å². The number of nitrogens with zero attached hydrogens (tertiary/aromatic N) is 2. The molecule has 2 amide bonds. The molecule has 2 aliphatic heterocycles. The van der Waals surface area contributed by atoms with E-state index in [2.05, 4.69) is 4.90 Å². The van der Waals surface area contributed by atoms with Crippen LogP contribution in [0.15, 0.2) is 60.3 Å². The molecule has 25 heavy (non-hydrogen) atoms. The number of amides is 2. The number of benzene rings is 2. The van der Waals surface area contributed by atoms with E-state index >= 15 is 0 Å². The van der Waals surface area contributed by atoms with Crippen molar-refractivity contribution in [1.29, 1.82) is 0 Å². The fourth-order valence-corrected chi connectivity index (χ4v) is 3.55. The first-order valence-electron chi connectivity index (χ1n) is 8.67. The molecule has 4 nitrogen and oxygen atoms in total. The third-order valence-electron chi connectivity index (χ3n) is 4.84. The van der Waals surface area contributed by atoms with E-state index < -0.39 is 0 Å². The zero-order chi connectivity index (χ0) is 17.4. The van der Waals surface area contributed by atoms with E-state index in [4.69, 9.17) is 0 Å². The maximum absolute atomic E-state index is 13.2. The molecule has 0 aromatic heterocycles. The average Bonchev–Trinajstić information content (AvgIpc) is 3.23. The Balaban J connectivity index is 1.82. The smallest absolute Gasteiger partial charge is 0.282 e. The van der Waals surface area contributed by atoms with Crippen molar-refractivity contribution in [2.24, 2.45) is 0 Å². The summed E-state index contributed by atoms with van der Waals surface area (Å²) in [7, 11) is 0. The molecule has 2 aromatic carbocycles. The lowest BCUT2D eigenvalue weighted by atomic mass is 10.0. The van der Waals surface area contributed by atoms with Crippen molar-refractivity contribution in [3.8, 4) is 0 Å². The van der Waals surface area contributed by atoms with Gasteiger partial charge in [-0.1, -0.05) is 48.0 Å². The van der Waals surface area contributed by atoms with Gasteiger partial charge in [-0.25, -0.2) is 4.90 Å². The van der Waals surface area contributed by atoms with Crippen molar-refractivity contribution in [2.75, 3.05) is 18.0 Å². The van der Waals surface area contributed by atoms with E-state index in [1.807, 2.05) is 61.5 Å². The van der Waals surface area contributed by atoms with Crippen LogP contribution in [-0.2, 0) is 9.59 Å². The summed E-state index contributed by atoms with van der Waals surface area (Å²) in [5.74, 6) is -0.448. The van der Waals surface area contributed by atoms with Crippen LogP contribution in [0.25, 0.3) is 5.57 Å². The molecule has 0 spiro atoms. The van der Waals surface area contributed by atoms with Gasteiger partial charge in [-0.3, -0.25) is 9.59 Å². The Labute approximate surface area is 147 Å². The molecule has 0 N–H and O–H groups in total. The fraction of sp³-hybridized carbons (Fsp3) is 0.238. The Bertz CT molecular complexity index is 847. The molecule has 1 fully saturated rings. The van der Waals surface area contributed by atoms with Crippen molar-refractivity contribution >= 4 is 23.1 Å². The van der Waals surface area contributed by atoms with Crippen molar-refractivity contribution in [3.05, 3.63) is 71.4 Å². The highest BCUT2D eigenvalue weighted by Crippen LogP contribution is 2.35. The zero-order valence-corrected chi connectivity index (χ0v) is 14.2. The van der Waals surface area contributed by atoms with Gasteiger partial charge < -0.3 is 4.90 Å². The zero-order valence-electron chi connectivity index (χ0n) is 14.2. The van der Waals surface area contributed by atoms with Gasteiger partial charge in [-0.05, 0) is 37.5 Å². The number of likely N-dealkylation sites (tertiary alicyclic amines) is 1. The standard InChI is InChI=1S/C21H20N2O2/c1-15-9-11-17(12-10-15)23-20(24)18(16-7-3-2-4-8-16)19(21(23)25)22-13-5-6-14-22/h2-4,7-12H,5-6,13-14H2,1H3. The van der Waals surface area contributed by atoms with Gasteiger partial charge in [0, 0.05) is 13.1 Å². The number of imide groups is 1. The van der Waals surface area contributed by atoms with E-state index in [9.17, 15) is 9.59 Å². The van der Waals surface area contributed by atoms with Crippen LogP contribution >= 0.6 is 0 Å². The maximum Gasteiger partial charge on any atom is 0.282 e. The summed E-state index contributed by atoms with van der Waals surface area (Å²) >= 11 is 0. The van der Waals surface area contributed by atoms with Gasteiger partial charge >= 0.3 is 0 Å². The van der Waals surface area contributed by atoms with Gasteiger partial charge in [0.2, 0.25) is 0 Å². The van der Waals surface area contributed by atoms with Gasteiger partial charge in [0.05, 0.1) is 11.3 Å². The highest BCUT2D eigenvalue weighted by atomic mass is 16.2. The van der Waals surface area contributed by atoms with Gasteiger partial charge in [-0.15, -0.1) is 0 Å². The maximum atomic E-state index is 13.2. The SMILES string of the molecule is Cc1ccc(N2C(=O)C(c3ccccc3)=C(N3CCCC3)C2=O)cc1. The van der Waals surface area contributed by atoms with Crippen molar-refractivity contribution in [2.45, 2.75) is 19.8 Å². The molecule has 4 rings (SSSR count). The average molecular weight is 332 g/mol. The summed E-state index contributed by atoms with van der Waals surface area (Å²) in [4.78, 5) is 29.7. The highest BCUT2D eigenvalue weighted by Gasteiger charge is 2.42. The van der Waals surface area contributed by atoms with E-state index in [0.29, 0.717) is 17.0 Å².